The third-order valence-electron chi connectivity index (χ3n) is 5.01. The molecule has 0 aliphatic heterocycles. The maximum Gasteiger partial charge on any atom is 0.278 e. The van der Waals surface area contributed by atoms with Gasteiger partial charge in [0.15, 0.2) is 11.4 Å². The smallest absolute Gasteiger partial charge is 0.278 e. The molecule has 0 spiro atoms. The number of hydrogen-bond donors (Lipinski definition) is 0. The van der Waals surface area contributed by atoms with Gasteiger partial charge in [-0.1, -0.05) is 42.5 Å². The predicted molar refractivity (Wildman–Crippen MR) is 99.7 cm³/mol. The van der Waals surface area contributed by atoms with Crippen LogP contribution in [-0.2, 0) is 6.42 Å². The summed E-state index contributed by atoms with van der Waals surface area (Å²) in [7, 11) is 3.41. The van der Waals surface area contributed by atoms with Gasteiger partial charge >= 0.3 is 0 Å². The summed E-state index contributed by atoms with van der Waals surface area (Å²) in [4.78, 5) is 14.9. The molecule has 0 bridgehead atoms. The number of fused-ring (bicyclic) bond motifs is 1. The van der Waals surface area contributed by atoms with E-state index >= 15 is 0 Å². The van der Waals surface area contributed by atoms with E-state index in [4.69, 9.17) is 4.74 Å². The van der Waals surface area contributed by atoms with E-state index in [0.717, 1.165) is 18.5 Å². The molecule has 1 aliphatic rings. The minimum Gasteiger partial charge on any atom is -0.493 e. The van der Waals surface area contributed by atoms with Crippen LogP contribution >= 0.6 is 0 Å². The van der Waals surface area contributed by atoms with E-state index in [9.17, 15) is 4.79 Å². The van der Waals surface area contributed by atoms with Gasteiger partial charge in [-0.25, -0.2) is 4.68 Å². The van der Waals surface area contributed by atoms with E-state index in [0.29, 0.717) is 11.4 Å². The fourth-order valence-electron chi connectivity index (χ4n) is 3.61. The van der Waals surface area contributed by atoms with Crippen LogP contribution < -0.4 is 4.74 Å². The van der Waals surface area contributed by atoms with Gasteiger partial charge in [-0.15, -0.1) is 0 Å². The first-order valence-corrected chi connectivity index (χ1v) is 8.73. The van der Waals surface area contributed by atoms with Crippen molar-refractivity contribution >= 4 is 5.91 Å². The van der Waals surface area contributed by atoms with E-state index in [2.05, 4.69) is 17.2 Å². The Labute approximate surface area is 152 Å². The molecule has 132 valence electrons. The lowest BCUT2D eigenvalue weighted by Gasteiger charge is -2.25. The molecule has 0 radical (unpaired) electrons. The summed E-state index contributed by atoms with van der Waals surface area (Å²) < 4.78 is 7.10. The number of methoxy groups -OCH3 is 1. The first kappa shape index (κ1) is 16.4. The largest absolute Gasteiger partial charge is 0.493 e. The third kappa shape index (κ3) is 2.75. The molecule has 5 heteroatoms. The molecule has 5 nitrogen and oxygen atoms in total. The van der Waals surface area contributed by atoms with Gasteiger partial charge in [0.05, 0.1) is 25.0 Å². The van der Waals surface area contributed by atoms with E-state index < -0.39 is 0 Å². The zero-order chi connectivity index (χ0) is 18.1. The number of amides is 1. The Bertz CT molecular complexity index is 933. The molecule has 1 heterocycles. The Hall–Kier alpha value is -3.08. The number of aromatic nitrogens is 2. The zero-order valence-corrected chi connectivity index (χ0v) is 14.9. The second-order valence-electron chi connectivity index (χ2n) is 6.50. The fraction of sp³-hybridized carbons (Fsp3) is 0.238. The molecule has 0 saturated carbocycles. The van der Waals surface area contributed by atoms with Crippen molar-refractivity contribution in [3.8, 4) is 11.4 Å². The first-order chi connectivity index (χ1) is 12.7. The van der Waals surface area contributed by atoms with Gasteiger partial charge < -0.3 is 9.64 Å². The number of carbonyl (C=O) groups excluding carboxylic acids is 1. The number of benzene rings is 2. The topological polar surface area (TPSA) is 47.4 Å². The number of para-hydroxylation sites is 1. The molecule has 3 aromatic rings. The standard InChI is InChI=1S/C21H21N3O2/c1-23(18-13-12-15-8-6-7-11-17(15)18)21(25)20-19(26-2)14-24(22-20)16-9-4-3-5-10-16/h3-11,14,18H,12-13H2,1-2H3. The Balaban J connectivity index is 1.65. The van der Waals surface area contributed by atoms with Crippen LogP contribution in [-0.4, -0.2) is 34.7 Å². The normalized spacial score (nSPS) is 15.5. The second kappa shape index (κ2) is 6.67. The van der Waals surface area contributed by atoms with Gasteiger partial charge in [-0.3, -0.25) is 4.79 Å². The highest BCUT2D eigenvalue weighted by molar-refractivity contribution is 5.95. The summed E-state index contributed by atoms with van der Waals surface area (Å²) in [5, 5.41) is 4.50. The van der Waals surface area contributed by atoms with Crippen molar-refractivity contribution < 1.29 is 9.53 Å². The lowest BCUT2D eigenvalue weighted by molar-refractivity contribution is 0.0721. The molecule has 1 aliphatic carbocycles. The average Bonchev–Trinajstić information content (AvgIpc) is 3.32. The summed E-state index contributed by atoms with van der Waals surface area (Å²) in [6.45, 7) is 0. The maximum absolute atomic E-state index is 13.1. The highest BCUT2D eigenvalue weighted by atomic mass is 16.5. The molecule has 26 heavy (non-hydrogen) atoms. The summed E-state index contributed by atoms with van der Waals surface area (Å²) in [6.07, 6.45) is 3.68. The number of hydrogen-bond acceptors (Lipinski definition) is 3. The van der Waals surface area contributed by atoms with Crippen LogP contribution in [0.2, 0.25) is 0 Å². The van der Waals surface area contributed by atoms with Crippen molar-refractivity contribution in [3.63, 3.8) is 0 Å². The maximum atomic E-state index is 13.1. The van der Waals surface area contributed by atoms with Crippen molar-refractivity contribution in [3.05, 3.63) is 77.6 Å². The number of ether oxygens (including phenoxy) is 1. The lowest BCUT2D eigenvalue weighted by atomic mass is 10.1. The van der Waals surface area contributed by atoms with E-state index in [-0.39, 0.29) is 11.9 Å². The van der Waals surface area contributed by atoms with Crippen LogP contribution in [0.1, 0.15) is 34.1 Å². The summed E-state index contributed by atoms with van der Waals surface area (Å²) in [6, 6.07) is 18.1. The number of carbonyl (C=O) groups is 1. The first-order valence-electron chi connectivity index (χ1n) is 8.73. The molecular formula is C21H21N3O2. The summed E-state index contributed by atoms with van der Waals surface area (Å²) in [5.74, 6) is 0.357. The SMILES string of the molecule is COc1cn(-c2ccccc2)nc1C(=O)N(C)C1CCc2ccccc21. The Morgan fingerprint density at radius 1 is 1.15 bits per heavy atom. The molecule has 4 rings (SSSR count). The van der Waals surface area contributed by atoms with Crippen molar-refractivity contribution in [1.82, 2.24) is 14.7 Å². The number of aryl methyl sites for hydroxylation is 1. The van der Waals surface area contributed by atoms with Crippen LogP contribution in [0, 0.1) is 0 Å². The third-order valence-corrected chi connectivity index (χ3v) is 5.01. The average molecular weight is 347 g/mol. The fourth-order valence-corrected chi connectivity index (χ4v) is 3.61. The van der Waals surface area contributed by atoms with Crippen LogP contribution in [0.15, 0.2) is 60.8 Å². The minimum atomic E-state index is -0.127. The van der Waals surface area contributed by atoms with Gasteiger partial charge in [0, 0.05) is 7.05 Å². The molecule has 1 amide bonds. The molecule has 1 atom stereocenters. The predicted octanol–water partition coefficient (Wildman–Crippen LogP) is 3.64. The Morgan fingerprint density at radius 2 is 1.88 bits per heavy atom. The van der Waals surface area contributed by atoms with Gasteiger partial charge in [0.25, 0.3) is 5.91 Å². The van der Waals surface area contributed by atoms with Crippen molar-refractivity contribution in [2.45, 2.75) is 18.9 Å². The molecule has 0 fully saturated rings. The van der Waals surface area contributed by atoms with Gasteiger partial charge in [-0.2, -0.15) is 5.10 Å². The Morgan fingerprint density at radius 3 is 2.65 bits per heavy atom. The van der Waals surface area contributed by atoms with Crippen LogP contribution in [0.25, 0.3) is 5.69 Å². The van der Waals surface area contributed by atoms with Gasteiger partial charge in [-0.05, 0) is 36.1 Å². The highest BCUT2D eigenvalue weighted by Crippen LogP contribution is 2.36. The molecule has 0 N–H and O–H groups in total. The molecule has 0 saturated heterocycles. The molecule has 2 aromatic carbocycles. The lowest BCUT2D eigenvalue weighted by Crippen LogP contribution is -2.30. The number of nitrogens with zero attached hydrogens (tertiary/aromatic N) is 3. The van der Waals surface area contributed by atoms with Crippen LogP contribution in [0.4, 0.5) is 0 Å². The molecule has 1 aromatic heterocycles. The Kier molecular flexibility index (Phi) is 4.21. The summed E-state index contributed by atoms with van der Waals surface area (Å²) >= 11 is 0. The zero-order valence-electron chi connectivity index (χ0n) is 14.9. The van der Waals surface area contributed by atoms with E-state index in [1.165, 1.54) is 11.1 Å². The monoisotopic (exact) mass is 347 g/mol. The van der Waals surface area contributed by atoms with Crippen molar-refractivity contribution in [2.75, 3.05) is 14.2 Å². The second-order valence-corrected chi connectivity index (χ2v) is 6.50. The van der Waals surface area contributed by atoms with Gasteiger partial charge in [0.2, 0.25) is 0 Å². The quantitative estimate of drug-likeness (QED) is 0.724. The molecule has 1 unspecified atom stereocenters. The highest BCUT2D eigenvalue weighted by Gasteiger charge is 2.31. The van der Waals surface area contributed by atoms with Gasteiger partial charge in [0.1, 0.15) is 0 Å². The summed E-state index contributed by atoms with van der Waals surface area (Å²) in [5.41, 5.74) is 3.77. The minimum absolute atomic E-state index is 0.0743. The van der Waals surface area contributed by atoms with E-state index in [1.54, 1.807) is 22.9 Å². The van der Waals surface area contributed by atoms with Crippen LogP contribution in [0.5, 0.6) is 5.75 Å². The number of rotatable bonds is 4. The molecular weight excluding hydrogens is 326 g/mol. The van der Waals surface area contributed by atoms with Crippen LogP contribution in [0.3, 0.4) is 0 Å². The van der Waals surface area contributed by atoms with E-state index in [1.807, 2.05) is 49.5 Å². The van der Waals surface area contributed by atoms with Crippen molar-refractivity contribution in [2.24, 2.45) is 0 Å². The van der Waals surface area contributed by atoms with Crippen molar-refractivity contribution in [1.29, 1.82) is 0 Å².